The quantitative estimate of drug-likeness (QED) is 0.869. The molecule has 1 N–H and O–H groups in total. The Hall–Kier alpha value is -1.35. The van der Waals surface area contributed by atoms with Crippen LogP contribution in [0.3, 0.4) is 0 Å². The molecule has 0 saturated heterocycles. The Morgan fingerprint density at radius 3 is 1.86 bits per heavy atom. The van der Waals surface area contributed by atoms with Crippen molar-refractivity contribution in [2.75, 3.05) is 0 Å². The molecule has 3 atom stereocenters. The molecule has 0 aromatic heterocycles. The van der Waals surface area contributed by atoms with Crippen LogP contribution in [-0.2, 0) is 4.79 Å². The van der Waals surface area contributed by atoms with Crippen molar-refractivity contribution in [3.8, 4) is 0 Å². The molecule has 0 fully saturated rings. The van der Waals surface area contributed by atoms with E-state index in [9.17, 15) is 9.90 Å². The first-order chi connectivity index (χ1) is 9.77. The molecule has 0 saturated carbocycles. The van der Waals surface area contributed by atoms with E-state index in [0.29, 0.717) is 0 Å². The van der Waals surface area contributed by atoms with Gasteiger partial charge in [-0.3, -0.25) is 4.79 Å². The van der Waals surface area contributed by atoms with Crippen molar-refractivity contribution in [3.63, 3.8) is 0 Å². The Morgan fingerprint density at radius 2 is 1.43 bits per heavy atom. The average Bonchev–Trinajstić information content (AvgIpc) is 2.45. The summed E-state index contributed by atoms with van der Waals surface area (Å²) in [6.07, 6.45) is -0.619. The standard InChI is InChI=1S/C18H29NO2/c1-12(2)19(13(3)4)18(21)15(6)14(5)17(20)16-10-8-7-9-11-16/h7-15,17,20H,1-6H3/t14-,15+,17+/m0/s1. The monoisotopic (exact) mass is 291 g/mol. The van der Waals surface area contributed by atoms with E-state index < -0.39 is 6.10 Å². The van der Waals surface area contributed by atoms with Crippen LogP contribution in [0.5, 0.6) is 0 Å². The van der Waals surface area contributed by atoms with Gasteiger partial charge in [0.1, 0.15) is 0 Å². The molecule has 1 rings (SSSR count). The predicted molar refractivity (Wildman–Crippen MR) is 86.8 cm³/mol. The number of carbonyl (C=O) groups excluding carboxylic acids is 1. The van der Waals surface area contributed by atoms with E-state index >= 15 is 0 Å². The van der Waals surface area contributed by atoms with E-state index in [2.05, 4.69) is 0 Å². The first-order valence-corrected chi connectivity index (χ1v) is 7.82. The molecule has 3 heteroatoms. The second-order valence-electron chi connectivity index (χ2n) is 6.44. The second kappa shape index (κ2) is 7.60. The summed E-state index contributed by atoms with van der Waals surface area (Å²) in [6.45, 7) is 12.0. The highest BCUT2D eigenvalue weighted by Crippen LogP contribution is 2.29. The molecule has 1 aromatic carbocycles. The van der Waals surface area contributed by atoms with Crippen molar-refractivity contribution >= 4 is 5.91 Å². The third-order valence-corrected chi connectivity index (χ3v) is 4.18. The van der Waals surface area contributed by atoms with Gasteiger partial charge in [-0.2, -0.15) is 0 Å². The third-order valence-electron chi connectivity index (χ3n) is 4.18. The molecule has 0 bridgehead atoms. The van der Waals surface area contributed by atoms with Gasteiger partial charge < -0.3 is 10.0 Å². The van der Waals surface area contributed by atoms with Crippen LogP contribution in [0.15, 0.2) is 30.3 Å². The molecular weight excluding hydrogens is 262 g/mol. The van der Waals surface area contributed by atoms with E-state index in [1.807, 2.05) is 76.8 Å². The van der Waals surface area contributed by atoms with Gasteiger partial charge in [-0.05, 0) is 39.2 Å². The van der Waals surface area contributed by atoms with E-state index in [0.717, 1.165) is 5.56 Å². The smallest absolute Gasteiger partial charge is 0.226 e. The molecule has 3 nitrogen and oxygen atoms in total. The minimum Gasteiger partial charge on any atom is -0.388 e. The van der Waals surface area contributed by atoms with Crippen molar-refractivity contribution in [1.29, 1.82) is 0 Å². The molecule has 0 radical (unpaired) electrons. The molecule has 0 aliphatic rings. The molecule has 1 amide bonds. The van der Waals surface area contributed by atoms with Crippen molar-refractivity contribution in [3.05, 3.63) is 35.9 Å². The first-order valence-electron chi connectivity index (χ1n) is 7.82. The summed E-state index contributed by atoms with van der Waals surface area (Å²) in [5.74, 6) is -0.229. The van der Waals surface area contributed by atoms with Gasteiger partial charge in [0.05, 0.1) is 6.10 Å². The zero-order chi connectivity index (χ0) is 16.2. The van der Waals surface area contributed by atoms with E-state index in [-0.39, 0.29) is 29.8 Å². The highest BCUT2D eigenvalue weighted by molar-refractivity contribution is 5.79. The predicted octanol–water partition coefficient (Wildman–Crippen LogP) is 3.64. The van der Waals surface area contributed by atoms with Gasteiger partial charge in [-0.1, -0.05) is 44.2 Å². The maximum atomic E-state index is 12.7. The van der Waals surface area contributed by atoms with Crippen LogP contribution in [0, 0.1) is 11.8 Å². The Morgan fingerprint density at radius 1 is 0.952 bits per heavy atom. The van der Waals surface area contributed by atoms with E-state index in [4.69, 9.17) is 0 Å². The van der Waals surface area contributed by atoms with Crippen LogP contribution in [0.1, 0.15) is 53.2 Å². The molecule has 21 heavy (non-hydrogen) atoms. The number of carbonyl (C=O) groups is 1. The Balaban J connectivity index is 2.86. The zero-order valence-electron chi connectivity index (χ0n) is 14.1. The van der Waals surface area contributed by atoms with Crippen LogP contribution in [0.4, 0.5) is 0 Å². The number of benzene rings is 1. The normalized spacial score (nSPS) is 15.9. The number of nitrogens with zero attached hydrogens (tertiary/aromatic N) is 1. The van der Waals surface area contributed by atoms with Gasteiger partial charge in [0.25, 0.3) is 0 Å². The maximum Gasteiger partial charge on any atom is 0.226 e. The fraction of sp³-hybridized carbons (Fsp3) is 0.611. The molecule has 0 heterocycles. The number of aliphatic hydroxyl groups is 1. The van der Waals surface area contributed by atoms with Crippen molar-refractivity contribution in [2.24, 2.45) is 11.8 Å². The Kier molecular flexibility index (Phi) is 6.41. The van der Waals surface area contributed by atoms with Crippen LogP contribution in [0.25, 0.3) is 0 Å². The van der Waals surface area contributed by atoms with Gasteiger partial charge in [0.2, 0.25) is 5.91 Å². The van der Waals surface area contributed by atoms with Crippen LogP contribution in [-0.4, -0.2) is 28.0 Å². The lowest BCUT2D eigenvalue weighted by atomic mass is 9.85. The third kappa shape index (κ3) is 4.31. The second-order valence-corrected chi connectivity index (χ2v) is 6.44. The molecule has 118 valence electrons. The van der Waals surface area contributed by atoms with Gasteiger partial charge in [0, 0.05) is 18.0 Å². The SMILES string of the molecule is CC(C)N(C(=O)[C@H](C)[C@H](C)[C@@H](O)c1ccccc1)C(C)C. The first kappa shape index (κ1) is 17.7. The van der Waals surface area contributed by atoms with Gasteiger partial charge >= 0.3 is 0 Å². The zero-order valence-corrected chi connectivity index (χ0v) is 14.1. The minimum atomic E-state index is -0.619. The van der Waals surface area contributed by atoms with Crippen molar-refractivity contribution < 1.29 is 9.90 Å². The van der Waals surface area contributed by atoms with Crippen molar-refractivity contribution in [2.45, 2.75) is 59.7 Å². The number of rotatable bonds is 6. The van der Waals surface area contributed by atoms with Crippen LogP contribution < -0.4 is 0 Å². The molecule has 0 aliphatic heterocycles. The molecular formula is C18H29NO2. The van der Waals surface area contributed by atoms with Gasteiger partial charge in [-0.25, -0.2) is 0 Å². The number of hydrogen-bond donors (Lipinski definition) is 1. The summed E-state index contributed by atoms with van der Waals surface area (Å²) in [6, 6.07) is 9.89. The van der Waals surface area contributed by atoms with Crippen molar-refractivity contribution in [1.82, 2.24) is 4.90 Å². The lowest BCUT2D eigenvalue weighted by Crippen LogP contribution is -2.46. The lowest BCUT2D eigenvalue weighted by molar-refractivity contribution is -0.141. The average molecular weight is 291 g/mol. The van der Waals surface area contributed by atoms with E-state index in [1.54, 1.807) is 0 Å². The molecule has 1 aromatic rings. The van der Waals surface area contributed by atoms with Crippen LogP contribution in [0.2, 0.25) is 0 Å². The minimum absolute atomic E-state index is 0.113. The molecule has 0 unspecified atom stereocenters. The maximum absolute atomic E-state index is 12.7. The Bertz CT molecular complexity index is 434. The Labute approximate surface area is 129 Å². The van der Waals surface area contributed by atoms with E-state index in [1.165, 1.54) is 0 Å². The van der Waals surface area contributed by atoms with Crippen LogP contribution >= 0.6 is 0 Å². The van der Waals surface area contributed by atoms with Gasteiger partial charge in [-0.15, -0.1) is 0 Å². The fourth-order valence-corrected chi connectivity index (χ4v) is 2.79. The van der Waals surface area contributed by atoms with Gasteiger partial charge in [0.15, 0.2) is 0 Å². The highest BCUT2D eigenvalue weighted by Gasteiger charge is 2.32. The topological polar surface area (TPSA) is 40.5 Å². The number of amides is 1. The summed E-state index contributed by atoms with van der Waals surface area (Å²) in [5.41, 5.74) is 0.866. The largest absolute Gasteiger partial charge is 0.388 e. The summed E-state index contributed by atoms with van der Waals surface area (Å²) >= 11 is 0. The summed E-state index contributed by atoms with van der Waals surface area (Å²) in [7, 11) is 0. The lowest BCUT2D eigenvalue weighted by Gasteiger charge is -2.35. The number of hydrogen-bond acceptors (Lipinski definition) is 2. The summed E-state index contributed by atoms with van der Waals surface area (Å²) in [4.78, 5) is 14.6. The summed E-state index contributed by atoms with van der Waals surface area (Å²) in [5, 5.41) is 10.5. The fourth-order valence-electron chi connectivity index (χ4n) is 2.79. The highest BCUT2D eigenvalue weighted by atomic mass is 16.3. The number of aliphatic hydroxyl groups excluding tert-OH is 1. The summed E-state index contributed by atoms with van der Waals surface area (Å²) < 4.78 is 0. The molecule has 0 spiro atoms. The molecule has 0 aliphatic carbocycles.